The van der Waals surface area contributed by atoms with Crippen molar-refractivity contribution in [3.63, 3.8) is 0 Å². The van der Waals surface area contributed by atoms with Crippen LogP contribution in [-0.4, -0.2) is 11.7 Å². The number of hydrogen-bond donors (Lipinski definition) is 1. The lowest BCUT2D eigenvalue weighted by molar-refractivity contribution is 0.101. The van der Waals surface area contributed by atoms with E-state index >= 15 is 0 Å². The highest BCUT2D eigenvalue weighted by Crippen LogP contribution is 2.20. The SMILES string of the molecule is Nc1c(F)ccc(F)c1C(=O)CCl. The van der Waals surface area contributed by atoms with Gasteiger partial charge in [-0.05, 0) is 12.1 Å². The van der Waals surface area contributed by atoms with Crippen molar-refractivity contribution in [3.05, 3.63) is 29.3 Å². The summed E-state index contributed by atoms with van der Waals surface area (Å²) in [6, 6.07) is 1.70. The van der Waals surface area contributed by atoms with Crippen LogP contribution in [0.4, 0.5) is 14.5 Å². The molecule has 1 rings (SSSR count). The Morgan fingerprint density at radius 2 is 1.92 bits per heavy atom. The highest BCUT2D eigenvalue weighted by atomic mass is 35.5. The molecule has 1 aromatic rings. The summed E-state index contributed by atoms with van der Waals surface area (Å²) in [5.74, 6) is -2.83. The third-order valence-corrected chi connectivity index (χ3v) is 1.78. The third kappa shape index (κ3) is 1.78. The maximum absolute atomic E-state index is 12.9. The van der Waals surface area contributed by atoms with Crippen molar-refractivity contribution < 1.29 is 13.6 Å². The van der Waals surface area contributed by atoms with Crippen LogP contribution >= 0.6 is 11.6 Å². The van der Waals surface area contributed by atoms with Crippen LogP contribution in [0.1, 0.15) is 10.4 Å². The Morgan fingerprint density at radius 1 is 1.38 bits per heavy atom. The number of nitrogens with two attached hydrogens (primary N) is 1. The number of halogens is 3. The smallest absolute Gasteiger partial charge is 0.182 e. The molecule has 0 bridgehead atoms. The predicted octanol–water partition coefficient (Wildman–Crippen LogP) is 1.97. The number of nitrogen functional groups attached to an aromatic ring is 1. The number of carbonyl (C=O) groups excluding carboxylic acids is 1. The van der Waals surface area contributed by atoms with Crippen LogP contribution in [0.2, 0.25) is 0 Å². The fraction of sp³-hybridized carbons (Fsp3) is 0.125. The van der Waals surface area contributed by atoms with E-state index in [0.29, 0.717) is 0 Å². The van der Waals surface area contributed by atoms with Gasteiger partial charge in [-0.15, -0.1) is 11.6 Å². The van der Waals surface area contributed by atoms with Crippen LogP contribution in [0.25, 0.3) is 0 Å². The van der Waals surface area contributed by atoms with Crippen molar-refractivity contribution in [3.8, 4) is 0 Å². The molecule has 0 saturated carbocycles. The van der Waals surface area contributed by atoms with Gasteiger partial charge in [-0.1, -0.05) is 0 Å². The van der Waals surface area contributed by atoms with Gasteiger partial charge in [0.1, 0.15) is 11.6 Å². The summed E-state index contributed by atoms with van der Waals surface area (Å²) in [6.45, 7) is 0. The molecule has 2 N–H and O–H groups in total. The van der Waals surface area contributed by atoms with Crippen LogP contribution in [0.15, 0.2) is 12.1 Å². The van der Waals surface area contributed by atoms with Gasteiger partial charge in [0.15, 0.2) is 5.78 Å². The average molecular weight is 206 g/mol. The van der Waals surface area contributed by atoms with E-state index in [2.05, 4.69) is 0 Å². The van der Waals surface area contributed by atoms with E-state index in [1.54, 1.807) is 0 Å². The van der Waals surface area contributed by atoms with Crippen molar-refractivity contribution in [2.75, 3.05) is 11.6 Å². The van der Waals surface area contributed by atoms with Crippen LogP contribution in [-0.2, 0) is 0 Å². The van der Waals surface area contributed by atoms with Crippen molar-refractivity contribution in [1.82, 2.24) is 0 Å². The number of rotatable bonds is 2. The maximum atomic E-state index is 12.9. The number of Topliss-reactive ketones (excluding diaryl/α,β-unsaturated/α-hetero) is 1. The number of anilines is 1. The molecular formula is C8H6ClF2NO. The molecular weight excluding hydrogens is 200 g/mol. The van der Waals surface area contributed by atoms with Crippen LogP contribution in [0, 0.1) is 11.6 Å². The molecule has 1 aromatic carbocycles. The van der Waals surface area contributed by atoms with E-state index < -0.39 is 34.5 Å². The van der Waals surface area contributed by atoms with Crippen molar-refractivity contribution in [2.45, 2.75) is 0 Å². The second kappa shape index (κ2) is 3.70. The third-order valence-electron chi connectivity index (χ3n) is 1.54. The maximum Gasteiger partial charge on any atom is 0.182 e. The Kier molecular flexibility index (Phi) is 2.83. The molecule has 0 saturated heterocycles. The van der Waals surface area contributed by atoms with Crippen molar-refractivity contribution in [2.24, 2.45) is 0 Å². The zero-order chi connectivity index (χ0) is 10.0. The lowest BCUT2D eigenvalue weighted by atomic mass is 10.1. The Bertz CT molecular complexity index is 354. The molecule has 2 nitrogen and oxygen atoms in total. The highest BCUT2D eigenvalue weighted by Gasteiger charge is 2.17. The van der Waals surface area contributed by atoms with E-state index in [1.807, 2.05) is 0 Å². The molecule has 5 heteroatoms. The van der Waals surface area contributed by atoms with Gasteiger partial charge in [-0.2, -0.15) is 0 Å². The Balaban J connectivity index is 3.33. The number of hydrogen-bond acceptors (Lipinski definition) is 2. The number of alkyl halides is 1. The Hall–Kier alpha value is -1.16. The van der Waals surface area contributed by atoms with Gasteiger partial charge in [-0.25, -0.2) is 8.78 Å². The molecule has 0 amide bonds. The summed E-state index contributed by atoms with van der Waals surface area (Å²) in [6.07, 6.45) is 0. The van der Waals surface area contributed by atoms with E-state index in [4.69, 9.17) is 17.3 Å². The van der Waals surface area contributed by atoms with Gasteiger partial charge < -0.3 is 5.73 Å². The van der Waals surface area contributed by atoms with Gasteiger partial charge in [0, 0.05) is 0 Å². The molecule has 0 aliphatic heterocycles. The summed E-state index contributed by atoms with van der Waals surface area (Å²) in [7, 11) is 0. The zero-order valence-corrected chi connectivity index (χ0v) is 7.24. The lowest BCUT2D eigenvalue weighted by Crippen LogP contribution is -2.09. The summed E-state index contributed by atoms with van der Waals surface area (Å²) < 4.78 is 25.7. The first-order valence-electron chi connectivity index (χ1n) is 3.40. The van der Waals surface area contributed by atoms with Gasteiger partial charge in [-0.3, -0.25) is 4.79 Å². The number of benzene rings is 1. The zero-order valence-electron chi connectivity index (χ0n) is 6.48. The first kappa shape index (κ1) is 9.92. The van der Waals surface area contributed by atoms with Gasteiger partial charge in [0.25, 0.3) is 0 Å². The normalized spacial score (nSPS) is 10.1. The van der Waals surface area contributed by atoms with Gasteiger partial charge in [0.2, 0.25) is 0 Å². The molecule has 0 aliphatic carbocycles. The van der Waals surface area contributed by atoms with Crippen LogP contribution in [0.5, 0.6) is 0 Å². The molecule has 0 aliphatic rings. The fourth-order valence-electron chi connectivity index (χ4n) is 0.918. The largest absolute Gasteiger partial charge is 0.396 e. The molecule has 0 aromatic heterocycles. The topological polar surface area (TPSA) is 43.1 Å². The molecule has 0 atom stereocenters. The first-order valence-corrected chi connectivity index (χ1v) is 3.94. The Morgan fingerprint density at radius 3 is 2.46 bits per heavy atom. The standard InChI is InChI=1S/C8H6ClF2NO/c9-3-6(13)7-4(10)1-2-5(11)8(7)12/h1-2H,3,12H2. The molecule has 0 spiro atoms. The molecule has 0 fully saturated rings. The lowest BCUT2D eigenvalue weighted by Gasteiger charge is -2.04. The minimum absolute atomic E-state index is 0.426. The van der Waals surface area contributed by atoms with Crippen molar-refractivity contribution >= 4 is 23.1 Å². The van der Waals surface area contributed by atoms with E-state index in [9.17, 15) is 13.6 Å². The molecule has 13 heavy (non-hydrogen) atoms. The quantitative estimate of drug-likeness (QED) is 0.456. The summed E-state index contributed by atoms with van der Waals surface area (Å²) in [4.78, 5) is 11.0. The number of carbonyl (C=O) groups is 1. The molecule has 70 valence electrons. The first-order chi connectivity index (χ1) is 6.07. The highest BCUT2D eigenvalue weighted by molar-refractivity contribution is 6.31. The van der Waals surface area contributed by atoms with Crippen LogP contribution in [0.3, 0.4) is 0 Å². The summed E-state index contributed by atoms with van der Waals surface area (Å²) in [5.41, 5.74) is 4.19. The average Bonchev–Trinajstić information content (AvgIpc) is 2.12. The van der Waals surface area contributed by atoms with Gasteiger partial charge in [0.05, 0.1) is 17.1 Å². The fourth-order valence-corrected chi connectivity index (χ4v) is 1.05. The second-order valence-corrected chi connectivity index (χ2v) is 2.64. The van der Waals surface area contributed by atoms with E-state index in [-0.39, 0.29) is 0 Å². The molecule has 0 unspecified atom stereocenters. The predicted molar refractivity (Wildman–Crippen MR) is 45.8 cm³/mol. The van der Waals surface area contributed by atoms with E-state index in [1.165, 1.54) is 0 Å². The van der Waals surface area contributed by atoms with E-state index in [0.717, 1.165) is 12.1 Å². The minimum Gasteiger partial charge on any atom is -0.396 e. The summed E-state index contributed by atoms with van der Waals surface area (Å²) >= 11 is 5.19. The van der Waals surface area contributed by atoms with Gasteiger partial charge >= 0.3 is 0 Å². The number of ketones is 1. The van der Waals surface area contributed by atoms with Crippen LogP contribution < -0.4 is 5.73 Å². The molecule has 0 heterocycles. The van der Waals surface area contributed by atoms with Crippen molar-refractivity contribution in [1.29, 1.82) is 0 Å². The second-order valence-electron chi connectivity index (χ2n) is 2.37. The summed E-state index contributed by atoms with van der Waals surface area (Å²) in [5, 5.41) is 0. The molecule has 0 radical (unpaired) electrons. The minimum atomic E-state index is -0.857. The monoisotopic (exact) mass is 205 g/mol. The Labute approximate surface area is 78.3 Å².